The van der Waals surface area contributed by atoms with E-state index in [2.05, 4.69) is 6.92 Å². The summed E-state index contributed by atoms with van der Waals surface area (Å²) in [6.45, 7) is 4.19. The summed E-state index contributed by atoms with van der Waals surface area (Å²) in [6.07, 6.45) is 18.5. The highest BCUT2D eigenvalue weighted by molar-refractivity contribution is 5.69. The predicted molar refractivity (Wildman–Crippen MR) is 96.3 cm³/mol. The van der Waals surface area contributed by atoms with Crippen molar-refractivity contribution in [3.8, 4) is 0 Å². The highest BCUT2D eigenvalue weighted by Gasteiger charge is 2.25. The third-order valence-electron chi connectivity index (χ3n) is 6.30. The minimum Gasteiger partial charge on any atom is -0.462 e. The van der Waals surface area contributed by atoms with Crippen molar-refractivity contribution >= 4 is 5.97 Å². The average molecular weight is 323 g/mol. The lowest BCUT2D eigenvalue weighted by molar-refractivity contribution is -0.150. The largest absolute Gasteiger partial charge is 0.462 e. The van der Waals surface area contributed by atoms with E-state index in [1.807, 2.05) is 6.92 Å². The fourth-order valence-electron chi connectivity index (χ4n) is 4.58. The van der Waals surface area contributed by atoms with E-state index in [1.165, 1.54) is 70.6 Å². The summed E-state index contributed by atoms with van der Waals surface area (Å²) in [5.74, 6) is 2.91. The third kappa shape index (κ3) is 6.85. The van der Waals surface area contributed by atoms with Crippen molar-refractivity contribution in [2.75, 3.05) is 0 Å². The van der Waals surface area contributed by atoms with Crippen molar-refractivity contribution in [3.05, 3.63) is 0 Å². The molecule has 0 aromatic rings. The molecule has 2 rings (SSSR count). The Morgan fingerprint density at radius 3 is 1.74 bits per heavy atom. The number of hydrogen-bond acceptors (Lipinski definition) is 2. The first kappa shape index (κ1) is 18.8. The molecule has 2 saturated carbocycles. The lowest BCUT2D eigenvalue weighted by atomic mass is 9.76. The number of carbonyl (C=O) groups excluding carboxylic acids is 1. The Hall–Kier alpha value is -0.530. The van der Waals surface area contributed by atoms with Gasteiger partial charge in [-0.1, -0.05) is 71.6 Å². The zero-order valence-corrected chi connectivity index (χ0v) is 15.5. The minimum absolute atomic E-state index is 0.0201. The number of ether oxygens (including phenoxy) is 1. The Balaban J connectivity index is 1.55. The molecule has 2 aliphatic rings. The Morgan fingerprint density at radius 2 is 1.26 bits per heavy atom. The first-order valence-corrected chi connectivity index (χ1v) is 10.4. The fourth-order valence-corrected chi connectivity index (χ4v) is 4.58. The van der Waals surface area contributed by atoms with Crippen molar-refractivity contribution in [2.45, 2.75) is 110 Å². The first-order chi connectivity index (χ1) is 11.2. The molecule has 0 aliphatic heterocycles. The van der Waals surface area contributed by atoms with E-state index in [9.17, 15) is 4.79 Å². The summed E-state index contributed by atoms with van der Waals surface area (Å²) >= 11 is 0. The topological polar surface area (TPSA) is 26.3 Å². The van der Waals surface area contributed by atoms with Crippen LogP contribution in [0.4, 0.5) is 0 Å². The number of esters is 1. The number of carbonyl (C=O) groups is 1. The van der Waals surface area contributed by atoms with Crippen LogP contribution in [0, 0.1) is 17.8 Å². The lowest BCUT2D eigenvalue weighted by Gasteiger charge is -2.32. The molecule has 134 valence electrons. The Bertz CT molecular complexity index is 323. The van der Waals surface area contributed by atoms with Gasteiger partial charge in [-0.2, -0.15) is 0 Å². The molecule has 0 unspecified atom stereocenters. The summed E-state index contributed by atoms with van der Waals surface area (Å²) in [7, 11) is 0. The average Bonchev–Trinajstić information content (AvgIpc) is 2.60. The highest BCUT2D eigenvalue weighted by Crippen LogP contribution is 2.37. The molecule has 0 amide bonds. The smallest absolute Gasteiger partial charge is 0.305 e. The summed E-state index contributed by atoms with van der Waals surface area (Å²) in [6, 6.07) is 0. The molecule has 0 aromatic heterocycles. The van der Waals surface area contributed by atoms with Crippen LogP contribution in [0.3, 0.4) is 0 Å². The summed E-state index contributed by atoms with van der Waals surface area (Å²) in [5, 5.41) is 0. The fraction of sp³-hybridized carbons (Fsp3) is 0.952. The standard InChI is InChI=1S/C21H38O2/c1-3-5-6-17-7-9-18(10-8-17)11-12-19-13-15-20(16-14-19)23-21(22)4-2/h17-20H,3-16H2,1-2H3/t17-,18-,19-,20-. The molecule has 2 fully saturated rings. The van der Waals surface area contributed by atoms with E-state index in [0.717, 1.165) is 30.6 Å². The van der Waals surface area contributed by atoms with Crippen molar-refractivity contribution in [1.29, 1.82) is 0 Å². The van der Waals surface area contributed by atoms with Crippen LogP contribution in [0.25, 0.3) is 0 Å². The number of rotatable bonds is 8. The summed E-state index contributed by atoms with van der Waals surface area (Å²) in [4.78, 5) is 11.4. The van der Waals surface area contributed by atoms with E-state index < -0.39 is 0 Å². The molecule has 2 nitrogen and oxygen atoms in total. The van der Waals surface area contributed by atoms with Gasteiger partial charge in [-0.05, 0) is 43.4 Å². The normalized spacial score (nSPS) is 31.7. The second-order valence-corrected chi connectivity index (χ2v) is 8.09. The summed E-state index contributed by atoms with van der Waals surface area (Å²) < 4.78 is 5.49. The first-order valence-electron chi connectivity index (χ1n) is 10.4. The van der Waals surface area contributed by atoms with Gasteiger partial charge >= 0.3 is 5.97 Å². The van der Waals surface area contributed by atoms with Crippen molar-refractivity contribution < 1.29 is 9.53 Å². The summed E-state index contributed by atoms with van der Waals surface area (Å²) in [5.41, 5.74) is 0. The molecule has 0 radical (unpaired) electrons. The van der Waals surface area contributed by atoms with Gasteiger partial charge in [-0.15, -0.1) is 0 Å². The molecule has 0 saturated heterocycles. The Kier molecular flexibility index (Phi) is 8.47. The Morgan fingerprint density at radius 1 is 0.783 bits per heavy atom. The van der Waals surface area contributed by atoms with Crippen LogP contribution in [-0.2, 0) is 9.53 Å². The van der Waals surface area contributed by atoms with Gasteiger partial charge in [0.1, 0.15) is 6.10 Å². The van der Waals surface area contributed by atoms with E-state index >= 15 is 0 Å². The number of unbranched alkanes of at least 4 members (excludes halogenated alkanes) is 1. The van der Waals surface area contributed by atoms with Gasteiger partial charge in [0.25, 0.3) is 0 Å². The maximum atomic E-state index is 11.4. The molecule has 2 aliphatic carbocycles. The van der Waals surface area contributed by atoms with Gasteiger partial charge in [0.15, 0.2) is 0 Å². The molecule has 0 spiro atoms. The van der Waals surface area contributed by atoms with Crippen LogP contribution in [0.2, 0.25) is 0 Å². The lowest BCUT2D eigenvalue weighted by Crippen LogP contribution is -2.24. The second kappa shape index (κ2) is 10.4. The monoisotopic (exact) mass is 322 g/mol. The van der Waals surface area contributed by atoms with Crippen molar-refractivity contribution in [3.63, 3.8) is 0 Å². The molecular formula is C21H38O2. The van der Waals surface area contributed by atoms with Crippen molar-refractivity contribution in [2.24, 2.45) is 17.8 Å². The van der Waals surface area contributed by atoms with E-state index in [-0.39, 0.29) is 12.1 Å². The molecule has 0 atom stereocenters. The highest BCUT2D eigenvalue weighted by atomic mass is 16.5. The van der Waals surface area contributed by atoms with Crippen LogP contribution in [0.5, 0.6) is 0 Å². The van der Waals surface area contributed by atoms with E-state index in [4.69, 9.17) is 4.74 Å². The molecule has 2 heteroatoms. The predicted octanol–water partition coefficient (Wildman–Crippen LogP) is 6.28. The van der Waals surface area contributed by atoms with Crippen LogP contribution < -0.4 is 0 Å². The zero-order valence-electron chi connectivity index (χ0n) is 15.5. The van der Waals surface area contributed by atoms with Gasteiger partial charge < -0.3 is 4.74 Å². The second-order valence-electron chi connectivity index (χ2n) is 8.09. The van der Waals surface area contributed by atoms with Gasteiger partial charge in [-0.3, -0.25) is 4.79 Å². The van der Waals surface area contributed by atoms with Gasteiger partial charge in [0.05, 0.1) is 0 Å². The van der Waals surface area contributed by atoms with Crippen LogP contribution in [0.1, 0.15) is 104 Å². The van der Waals surface area contributed by atoms with Crippen molar-refractivity contribution in [1.82, 2.24) is 0 Å². The Labute approximate surface area is 143 Å². The minimum atomic E-state index is -0.0201. The van der Waals surface area contributed by atoms with Crippen LogP contribution in [-0.4, -0.2) is 12.1 Å². The molecule has 0 aromatic carbocycles. The maximum Gasteiger partial charge on any atom is 0.305 e. The van der Waals surface area contributed by atoms with Crippen LogP contribution in [0.15, 0.2) is 0 Å². The quantitative estimate of drug-likeness (QED) is 0.492. The molecule has 0 bridgehead atoms. The van der Waals surface area contributed by atoms with Gasteiger partial charge in [0.2, 0.25) is 0 Å². The third-order valence-corrected chi connectivity index (χ3v) is 6.30. The van der Waals surface area contributed by atoms with Gasteiger partial charge in [-0.25, -0.2) is 0 Å². The van der Waals surface area contributed by atoms with Gasteiger partial charge in [0, 0.05) is 6.42 Å². The zero-order chi connectivity index (χ0) is 16.5. The van der Waals surface area contributed by atoms with E-state index in [0.29, 0.717) is 6.42 Å². The van der Waals surface area contributed by atoms with E-state index in [1.54, 1.807) is 0 Å². The molecule has 23 heavy (non-hydrogen) atoms. The maximum absolute atomic E-state index is 11.4. The number of hydrogen-bond donors (Lipinski definition) is 0. The molecule has 0 heterocycles. The molecular weight excluding hydrogens is 284 g/mol. The SMILES string of the molecule is CCCC[C@H]1CC[C@H](CC[C@H]2CC[C@H](OC(=O)CC)CC2)CC1. The molecule has 0 N–H and O–H groups in total. The van der Waals surface area contributed by atoms with Crippen LogP contribution >= 0.6 is 0 Å².